The maximum absolute atomic E-state index is 9.10. The smallest absolute Gasteiger partial charge is 0.516 e. The number of hydrogen-bond acceptors (Lipinski definition) is 5. The highest BCUT2D eigenvalue weighted by Crippen LogP contribution is 2.19. The molecular formula is C12H25BO5. The van der Waals surface area contributed by atoms with E-state index in [0.717, 1.165) is 19.3 Å². The Balaban J connectivity index is 0.000000331. The summed E-state index contributed by atoms with van der Waals surface area (Å²) >= 11 is 0. The maximum atomic E-state index is 9.10. The maximum Gasteiger partial charge on any atom is 0.707 e. The van der Waals surface area contributed by atoms with Crippen LogP contribution in [-0.4, -0.2) is 38.8 Å². The predicted molar refractivity (Wildman–Crippen MR) is 70.4 cm³/mol. The number of hydrogen-bond donors (Lipinski definition) is 4. The van der Waals surface area contributed by atoms with Crippen LogP contribution < -0.4 is 0 Å². The van der Waals surface area contributed by atoms with Gasteiger partial charge in [0.2, 0.25) is 0 Å². The molecule has 18 heavy (non-hydrogen) atoms. The Bertz CT molecular complexity index is 251. The zero-order valence-corrected chi connectivity index (χ0v) is 11.7. The van der Waals surface area contributed by atoms with Crippen molar-refractivity contribution in [3.8, 4) is 0 Å². The number of aliphatic hydroxyl groups is 2. The molecule has 0 aromatic carbocycles. The van der Waals surface area contributed by atoms with Crippen LogP contribution in [0.4, 0.5) is 0 Å². The summed E-state index contributed by atoms with van der Waals surface area (Å²) in [5, 5.41) is 35.0. The summed E-state index contributed by atoms with van der Waals surface area (Å²) in [5.41, 5.74) is -2.01. The van der Waals surface area contributed by atoms with E-state index in [9.17, 15) is 0 Å². The van der Waals surface area contributed by atoms with E-state index in [1.165, 1.54) is 6.42 Å². The molecule has 0 amide bonds. The molecule has 4 N–H and O–H groups in total. The molecule has 0 bridgehead atoms. The highest BCUT2D eigenvalue weighted by atomic mass is 16.6. The molecule has 0 saturated heterocycles. The van der Waals surface area contributed by atoms with Crippen molar-refractivity contribution in [2.24, 2.45) is 0 Å². The lowest BCUT2D eigenvalue weighted by Crippen LogP contribution is -2.44. The molecule has 1 aliphatic carbocycles. The van der Waals surface area contributed by atoms with Crippen LogP contribution in [0.15, 0.2) is 11.8 Å². The summed E-state index contributed by atoms with van der Waals surface area (Å²) in [5.74, 6) is 0.709. The predicted octanol–water partition coefficient (Wildman–Crippen LogP) is 0.959. The molecule has 0 aromatic rings. The Morgan fingerprint density at radius 1 is 1.06 bits per heavy atom. The van der Waals surface area contributed by atoms with E-state index in [1.54, 1.807) is 27.7 Å². The van der Waals surface area contributed by atoms with E-state index >= 15 is 0 Å². The quantitative estimate of drug-likeness (QED) is 0.567. The van der Waals surface area contributed by atoms with Gasteiger partial charge in [0.1, 0.15) is 0 Å². The minimum absolute atomic E-state index is 0.709. The second-order valence-corrected chi connectivity index (χ2v) is 5.48. The van der Waals surface area contributed by atoms with Gasteiger partial charge in [-0.15, -0.1) is 0 Å². The van der Waals surface area contributed by atoms with E-state index in [2.05, 4.69) is 4.65 Å². The Hall–Kier alpha value is -0.555. The van der Waals surface area contributed by atoms with Crippen molar-refractivity contribution in [3.05, 3.63) is 11.8 Å². The number of rotatable bonds is 3. The first kappa shape index (κ1) is 17.4. The molecule has 0 aliphatic heterocycles. The highest BCUT2D eigenvalue weighted by Gasteiger charge is 2.31. The molecular weight excluding hydrogens is 235 g/mol. The molecule has 106 valence electrons. The molecule has 6 heteroatoms. The van der Waals surface area contributed by atoms with Gasteiger partial charge in [-0.05, 0) is 53.0 Å². The first-order valence-electron chi connectivity index (χ1n) is 6.20. The van der Waals surface area contributed by atoms with E-state index < -0.39 is 18.5 Å². The van der Waals surface area contributed by atoms with Crippen LogP contribution in [-0.2, 0) is 4.65 Å². The van der Waals surface area contributed by atoms with Crippen molar-refractivity contribution in [3.63, 3.8) is 0 Å². The van der Waals surface area contributed by atoms with Gasteiger partial charge in [-0.2, -0.15) is 0 Å². The lowest BCUT2D eigenvalue weighted by atomic mass is 9.90. The molecule has 0 atom stereocenters. The summed E-state index contributed by atoms with van der Waals surface area (Å²) in [7, 11) is -1.65. The van der Waals surface area contributed by atoms with Gasteiger partial charge in [-0.25, -0.2) is 0 Å². The Morgan fingerprint density at radius 2 is 1.56 bits per heavy atom. The van der Waals surface area contributed by atoms with Gasteiger partial charge < -0.3 is 24.9 Å². The van der Waals surface area contributed by atoms with Gasteiger partial charge in [-0.3, -0.25) is 0 Å². The molecule has 5 nitrogen and oxygen atoms in total. The Kier molecular flexibility index (Phi) is 6.92. The Morgan fingerprint density at radius 3 is 1.83 bits per heavy atom. The fourth-order valence-corrected chi connectivity index (χ4v) is 1.05. The molecule has 0 fully saturated rings. The van der Waals surface area contributed by atoms with Crippen molar-refractivity contribution in [1.82, 2.24) is 0 Å². The van der Waals surface area contributed by atoms with Crippen molar-refractivity contribution in [1.29, 1.82) is 0 Å². The molecule has 0 radical (unpaired) electrons. The summed E-state index contributed by atoms with van der Waals surface area (Å²) in [6, 6.07) is 0. The normalized spacial score (nSPS) is 16.3. The fraction of sp³-hybridized carbons (Fsp3) is 0.833. The molecule has 1 aliphatic rings. The van der Waals surface area contributed by atoms with Gasteiger partial charge in [0, 0.05) is 6.42 Å². The lowest BCUT2D eigenvalue weighted by Gasteiger charge is -2.31. The zero-order chi connectivity index (χ0) is 14.4. The van der Waals surface area contributed by atoms with Crippen LogP contribution in [0.1, 0.15) is 53.4 Å². The van der Waals surface area contributed by atoms with Crippen molar-refractivity contribution >= 4 is 7.32 Å². The minimum Gasteiger partial charge on any atom is -0.516 e. The molecule has 0 spiro atoms. The fourth-order valence-electron chi connectivity index (χ4n) is 1.05. The van der Waals surface area contributed by atoms with Gasteiger partial charge in [-0.1, -0.05) is 0 Å². The van der Waals surface area contributed by atoms with Crippen molar-refractivity contribution in [2.75, 3.05) is 0 Å². The van der Waals surface area contributed by atoms with Crippen LogP contribution in [0, 0.1) is 0 Å². The topological polar surface area (TPSA) is 90.2 Å². The Labute approximate surface area is 109 Å². The second-order valence-electron chi connectivity index (χ2n) is 5.48. The van der Waals surface area contributed by atoms with Crippen molar-refractivity contribution in [2.45, 2.75) is 64.6 Å². The SMILES string of the molecule is CC(C)(O)C(C)(C)O.OB(O)OC1=CCCCC1. The lowest BCUT2D eigenvalue weighted by molar-refractivity contribution is -0.107. The summed E-state index contributed by atoms with van der Waals surface area (Å²) < 4.78 is 4.66. The summed E-state index contributed by atoms with van der Waals surface area (Å²) in [6.45, 7) is 6.31. The second kappa shape index (κ2) is 7.14. The van der Waals surface area contributed by atoms with Crippen LogP contribution >= 0.6 is 0 Å². The summed E-state index contributed by atoms with van der Waals surface area (Å²) in [6.07, 6.45) is 5.98. The van der Waals surface area contributed by atoms with E-state index in [4.69, 9.17) is 20.3 Å². The average molecular weight is 260 g/mol. The molecule has 0 saturated carbocycles. The van der Waals surface area contributed by atoms with E-state index in [1.807, 2.05) is 6.08 Å². The van der Waals surface area contributed by atoms with Gasteiger partial charge in [0.05, 0.1) is 17.0 Å². The van der Waals surface area contributed by atoms with Gasteiger partial charge in [0.15, 0.2) is 0 Å². The highest BCUT2D eigenvalue weighted by molar-refractivity contribution is 6.33. The largest absolute Gasteiger partial charge is 0.707 e. The van der Waals surface area contributed by atoms with Crippen LogP contribution in [0.25, 0.3) is 0 Å². The van der Waals surface area contributed by atoms with E-state index in [-0.39, 0.29) is 0 Å². The van der Waals surface area contributed by atoms with Crippen LogP contribution in [0.3, 0.4) is 0 Å². The molecule has 0 aromatic heterocycles. The van der Waals surface area contributed by atoms with Crippen molar-refractivity contribution < 1.29 is 24.9 Å². The molecule has 1 rings (SSSR count). The first-order chi connectivity index (χ1) is 8.04. The third-order valence-corrected chi connectivity index (χ3v) is 3.00. The zero-order valence-electron chi connectivity index (χ0n) is 11.7. The third-order valence-electron chi connectivity index (χ3n) is 3.00. The van der Waals surface area contributed by atoms with Gasteiger partial charge >= 0.3 is 7.32 Å². The third kappa shape index (κ3) is 7.71. The van der Waals surface area contributed by atoms with Crippen LogP contribution in [0.5, 0.6) is 0 Å². The number of allylic oxidation sites excluding steroid dienone is 2. The minimum atomic E-state index is -1.65. The first-order valence-corrected chi connectivity index (χ1v) is 6.20. The standard InChI is InChI=1S/C6H11BO3.C6H14O2/c8-7(9)10-6-4-2-1-3-5-6;1-5(2,7)6(3,4)8/h4,8-9H,1-3,5H2;7-8H,1-4H3. The average Bonchev–Trinajstić information content (AvgIpc) is 2.15. The van der Waals surface area contributed by atoms with E-state index in [0.29, 0.717) is 5.76 Å². The van der Waals surface area contributed by atoms with Gasteiger partial charge in [0.25, 0.3) is 0 Å². The molecule has 0 unspecified atom stereocenters. The molecule has 0 heterocycles. The summed E-state index contributed by atoms with van der Waals surface area (Å²) in [4.78, 5) is 0. The van der Waals surface area contributed by atoms with Crippen LogP contribution in [0.2, 0.25) is 0 Å². The monoisotopic (exact) mass is 260 g/mol.